The lowest BCUT2D eigenvalue weighted by molar-refractivity contribution is 0.481. The van der Waals surface area contributed by atoms with Crippen molar-refractivity contribution in [1.82, 2.24) is 0 Å². The SMILES string of the molecule is C=C(/C=C(\C=C/C)C(C)(C)C)SCC(C)(C)C. The van der Waals surface area contributed by atoms with E-state index >= 15 is 0 Å². The van der Waals surface area contributed by atoms with Gasteiger partial charge in [-0.25, -0.2) is 0 Å². The molecule has 0 heterocycles. The van der Waals surface area contributed by atoms with Crippen LogP contribution in [0.5, 0.6) is 0 Å². The van der Waals surface area contributed by atoms with Crippen molar-refractivity contribution in [1.29, 1.82) is 0 Å². The Morgan fingerprint density at radius 1 is 1.12 bits per heavy atom. The predicted octanol–water partition coefficient (Wildman–Crippen LogP) is 5.83. The van der Waals surface area contributed by atoms with Crippen LogP contribution in [0.1, 0.15) is 48.5 Å². The maximum absolute atomic E-state index is 4.15. The molecular weight excluding hydrogens is 224 g/mol. The van der Waals surface area contributed by atoms with Crippen molar-refractivity contribution < 1.29 is 0 Å². The van der Waals surface area contributed by atoms with Gasteiger partial charge in [0.25, 0.3) is 0 Å². The van der Waals surface area contributed by atoms with Crippen LogP contribution >= 0.6 is 11.8 Å². The summed E-state index contributed by atoms with van der Waals surface area (Å²) < 4.78 is 0. The van der Waals surface area contributed by atoms with Gasteiger partial charge in [0, 0.05) is 10.7 Å². The first-order chi connectivity index (χ1) is 7.56. The quantitative estimate of drug-likeness (QED) is 0.567. The highest BCUT2D eigenvalue weighted by Gasteiger charge is 2.15. The zero-order chi connectivity index (χ0) is 13.7. The summed E-state index contributed by atoms with van der Waals surface area (Å²) in [6.07, 6.45) is 6.50. The molecule has 0 amide bonds. The highest BCUT2D eigenvalue weighted by atomic mass is 32.2. The average Bonchev–Trinajstić information content (AvgIpc) is 2.11. The van der Waals surface area contributed by atoms with Crippen LogP contribution in [0.3, 0.4) is 0 Å². The summed E-state index contributed by atoms with van der Waals surface area (Å²) >= 11 is 1.85. The molecule has 0 bridgehead atoms. The average molecular weight is 252 g/mol. The van der Waals surface area contributed by atoms with E-state index in [1.54, 1.807) is 0 Å². The molecule has 0 N–H and O–H groups in total. The molecule has 0 saturated carbocycles. The predicted molar refractivity (Wildman–Crippen MR) is 83.4 cm³/mol. The normalized spacial score (nSPS) is 14.4. The van der Waals surface area contributed by atoms with Gasteiger partial charge in [-0.3, -0.25) is 0 Å². The van der Waals surface area contributed by atoms with Gasteiger partial charge in [0.05, 0.1) is 0 Å². The maximum atomic E-state index is 4.15. The molecule has 0 aliphatic carbocycles. The number of rotatable bonds is 4. The van der Waals surface area contributed by atoms with Gasteiger partial charge in [-0.1, -0.05) is 60.3 Å². The van der Waals surface area contributed by atoms with Crippen molar-refractivity contribution in [2.24, 2.45) is 10.8 Å². The second-order valence-electron chi connectivity index (χ2n) is 6.67. The van der Waals surface area contributed by atoms with Gasteiger partial charge in [-0.2, -0.15) is 0 Å². The Morgan fingerprint density at radius 3 is 2.00 bits per heavy atom. The largest absolute Gasteiger partial charge is 0.126 e. The molecule has 0 aromatic rings. The molecular formula is C16H28S. The molecule has 98 valence electrons. The molecule has 0 fully saturated rings. The lowest BCUT2D eigenvalue weighted by atomic mass is 9.86. The lowest BCUT2D eigenvalue weighted by Crippen LogP contribution is -2.09. The number of allylic oxidation sites excluding steroid dienone is 4. The van der Waals surface area contributed by atoms with E-state index in [0.29, 0.717) is 5.41 Å². The first-order valence-electron chi connectivity index (χ1n) is 6.23. The van der Waals surface area contributed by atoms with E-state index in [2.05, 4.69) is 73.3 Å². The first-order valence-corrected chi connectivity index (χ1v) is 7.21. The second-order valence-corrected chi connectivity index (χ2v) is 7.77. The maximum Gasteiger partial charge on any atom is 0.00286 e. The zero-order valence-electron chi connectivity index (χ0n) is 12.6. The number of thioether (sulfide) groups is 1. The van der Waals surface area contributed by atoms with Gasteiger partial charge in [0.1, 0.15) is 0 Å². The minimum absolute atomic E-state index is 0.178. The Bertz CT molecular complexity index is 305. The topological polar surface area (TPSA) is 0 Å². The molecule has 1 heteroatoms. The third-order valence-corrected chi connectivity index (χ3v) is 3.72. The van der Waals surface area contributed by atoms with E-state index < -0.39 is 0 Å². The van der Waals surface area contributed by atoms with E-state index in [1.165, 1.54) is 5.57 Å². The Kier molecular flexibility index (Phi) is 6.32. The Morgan fingerprint density at radius 2 is 1.65 bits per heavy atom. The van der Waals surface area contributed by atoms with Crippen LogP contribution < -0.4 is 0 Å². The fraction of sp³-hybridized carbons (Fsp3) is 0.625. The Labute approximate surface area is 112 Å². The third kappa shape index (κ3) is 8.31. The lowest BCUT2D eigenvalue weighted by Gasteiger charge is -2.22. The Hall–Kier alpha value is -0.430. The van der Waals surface area contributed by atoms with Crippen LogP contribution in [0, 0.1) is 10.8 Å². The molecule has 0 rings (SSSR count). The highest BCUT2D eigenvalue weighted by Crippen LogP contribution is 2.31. The fourth-order valence-corrected chi connectivity index (χ4v) is 2.05. The number of hydrogen-bond acceptors (Lipinski definition) is 1. The van der Waals surface area contributed by atoms with Gasteiger partial charge in [0.2, 0.25) is 0 Å². The van der Waals surface area contributed by atoms with E-state index in [1.807, 2.05) is 11.8 Å². The van der Waals surface area contributed by atoms with Gasteiger partial charge < -0.3 is 0 Å². The molecule has 0 radical (unpaired) electrons. The van der Waals surface area contributed by atoms with Crippen molar-refractivity contribution >= 4 is 11.8 Å². The van der Waals surface area contributed by atoms with E-state index in [4.69, 9.17) is 0 Å². The smallest absolute Gasteiger partial charge is 0.00286 e. The molecule has 0 atom stereocenters. The zero-order valence-corrected chi connectivity index (χ0v) is 13.4. The van der Waals surface area contributed by atoms with Crippen molar-refractivity contribution in [3.63, 3.8) is 0 Å². The monoisotopic (exact) mass is 252 g/mol. The summed E-state index contributed by atoms with van der Waals surface area (Å²) in [6, 6.07) is 0. The molecule has 0 aromatic carbocycles. The first kappa shape index (κ1) is 16.6. The van der Waals surface area contributed by atoms with Crippen LogP contribution in [-0.4, -0.2) is 5.75 Å². The summed E-state index contributed by atoms with van der Waals surface area (Å²) in [6.45, 7) is 19.7. The Balaban J connectivity index is 4.68. The standard InChI is InChI=1S/C16H28S/c1-9-10-14(16(6,7)8)11-13(2)17-12-15(3,4)5/h9-11H,2,12H2,1,3-8H3/b10-9-,14-11+. The molecule has 17 heavy (non-hydrogen) atoms. The summed E-state index contributed by atoms with van der Waals surface area (Å²) in [4.78, 5) is 1.16. The van der Waals surface area contributed by atoms with Crippen molar-refractivity contribution in [2.45, 2.75) is 48.5 Å². The van der Waals surface area contributed by atoms with Gasteiger partial charge in [-0.05, 0) is 29.4 Å². The van der Waals surface area contributed by atoms with Crippen molar-refractivity contribution in [2.75, 3.05) is 5.75 Å². The van der Waals surface area contributed by atoms with E-state index in [-0.39, 0.29) is 5.41 Å². The third-order valence-electron chi connectivity index (χ3n) is 2.22. The van der Waals surface area contributed by atoms with Crippen molar-refractivity contribution in [3.05, 3.63) is 35.3 Å². The van der Waals surface area contributed by atoms with E-state index in [0.717, 1.165) is 10.7 Å². The molecule has 0 aromatic heterocycles. The molecule has 0 nitrogen and oxygen atoms in total. The molecule has 0 unspecified atom stereocenters. The summed E-state index contributed by atoms with van der Waals surface area (Å²) in [5.41, 5.74) is 1.87. The van der Waals surface area contributed by atoms with Crippen molar-refractivity contribution in [3.8, 4) is 0 Å². The van der Waals surface area contributed by atoms with Gasteiger partial charge in [-0.15, -0.1) is 11.8 Å². The molecule has 0 aliphatic heterocycles. The minimum atomic E-state index is 0.178. The second kappa shape index (κ2) is 6.49. The van der Waals surface area contributed by atoms with Crippen LogP contribution in [0.15, 0.2) is 35.3 Å². The highest BCUT2D eigenvalue weighted by molar-refractivity contribution is 8.03. The summed E-state index contributed by atoms with van der Waals surface area (Å²) in [5, 5.41) is 0. The molecule has 0 aliphatic rings. The van der Waals surface area contributed by atoms with Gasteiger partial charge >= 0.3 is 0 Å². The van der Waals surface area contributed by atoms with Crippen LogP contribution in [0.25, 0.3) is 0 Å². The van der Waals surface area contributed by atoms with Crippen LogP contribution in [0.4, 0.5) is 0 Å². The van der Waals surface area contributed by atoms with Crippen LogP contribution in [-0.2, 0) is 0 Å². The summed E-state index contributed by atoms with van der Waals surface area (Å²) in [5.74, 6) is 1.11. The van der Waals surface area contributed by atoms with E-state index in [9.17, 15) is 0 Å². The summed E-state index contributed by atoms with van der Waals surface area (Å²) in [7, 11) is 0. The van der Waals surface area contributed by atoms with Crippen LogP contribution in [0.2, 0.25) is 0 Å². The molecule has 0 spiro atoms. The number of hydrogen-bond donors (Lipinski definition) is 0. The van der Waals surface area contributed by atoms with Gasteiger partial charge in [0.15, 0.2) is 0 Å². The fourth-order valence-electron chi connectivity index (χ4n) is 1.22. The molecule has 0 saturated heterocycles. The minimum Gasteiger partial charge on any atom is -0.126 e.